The van der Waals surface area contributed by atoms with Crippen LogP contribution in [0.3, 0.4) is 0 Å². The van der Waals surface area contributed by atoms with Crippen LogP contribution in [-0.4, -0.2) is 37.3 Å². The van der Waals surface area contributed by atoms with Crippen LogP contribution in [0, 0.1) is 12.8 Å². The van der Waals surface area contributed by atoms with Gasteiger partial charge in [0.1, 0.15) is 10.8 Å². The molecule has 0 saturated carbocycles. The van der Waals surface area contributed by atoms with Crippen LogP contribution in [0.15, 0.2) is 29.4 Å². The van der Waals surface area contributed by atoms with Crippen molar-refractivity contribution >= 4 is 41.3 Å². The summed E-state index contributed by atoms with van der Waals surface area (Å²) in [4.78, 5) is 10.5. The maximum Gasteiger partial charge on any atom is 0.191 e. The van der Waals surface area contributed by atoms with Crippen molar-refractivity contribution in [3.8, 4) is 5.75 Å². The Bertz CT molecular complexity index is 806. The summed E-state index contributed by atoms with van der Waals surface area (Å²) in [5, 5.41) is 7.77. The van der Waals surface area contributed by atoms with Crippen molar-refractivity contribution < 1.29 is 9.47 Å². The van der Waals surface area contributed by atoms with Gasteiger partial charge in [0, 0.05) is 35.7 Å². The standard InChI is InChI=1S/C22H32N4O2S.HI/c1-4-19-12-24-21(29-19)13-26-22(23-5-2)25-11-18-7-6-16(3)10-20(18)28-15-17-8-9-27-14-17;/h6-7,10,12,17H,4-5,8-9,11,13-15H2,1-3H3,(H2,23,25,26);1H. The number of guanidine groups is 1. The second-order valence-electron chi connectivity index (χ2n) is 7.27. The van der Waals surface area contributed by atoms with Crippen molar-refractivity contribution in [2.75, 3.05) is 26.4 Å². The van der Waals surface area contributed by atoms with E-state index in [1.54, 1.807) is 11.3 Å². The topological polar surface area (TPSA) is 67.8 Å². The van der Waals surface area contributed by atoms with Crippen molar-refractivity contribution in [1.29, 1.82) is 0 Å². The molecule has 0 aliphatic carbocycles. The number of aromatic nitrogens is 1. The first kappa shape index (κ1) is 24.9. The lowest BCUT2D eigenvalue weighted by Crippen LogP contribution is -2.36. The Labute approximate surface area is 200 Å². The van der Waals surface area contributed by atoms with E-state index in [1.807, 2.05) is 6.20 Å². The van der Waals surface area contributed by atoms with Gasteiger partial charge in [-0.2, -0.15) is 0 Å². The van der Waals surface area contributed by atoms with E-state index in [9.17, 15) is 0 Å². The van der Waals surface area contributed by atoms with Crippen LogP contribution < -0.4 is 15.4 Å². The molecule has 2 N–H and O–H groups in total. The summed E-state index contributed by atoms with van der Waals surface area (Å²) in [6.07, 6.45) is 4.05. The summed E-state index contributed by atoms with van der Waals surface area (Å²) in [5.41, 5.74) is 2.28. The number of rotatable bonds is 9. The molecule has 2 aromatic rings. The molecule has 166 valence electrons. The maximum absolute atomic E-state index is 6.14. The third kappa shape index (κ3) is 7.70. The number of benzene rings is 1. The minimum Gasteiger partial charge on any atom is -0.493 e. The van der Waals surface area contributed by atoms with Gasteiger partial charge in [0.15, 0.2) is 5.96 Å². The van der Waals surface area contributed by atoms with Crippen LogP contribution in [0.1, 0.15) is 41.3 Å². The largest absolute Gasteiger partial charge is 0.493 e. The molecule has 0 bridgehead atoms. The molecule has 1 unspecified atom stereocenters. The van der Waals surface area contributed by atoms with Crippen LogP contribution >= 0.6 is 35.3 Å². The number of hydrogen-bond donors (Lipinski definition) is 2. The van der Waals surface area contributed by atoms with Gasteiger partial charge in [0.05, 0.1) is 26.3 Å². The van der Waals surface area contributed by atoms with Crippen molar-refractivity contribution in [2.24, 2.45) is 10.9 Å². The molecule has 1 aromatic carbocycles. The summed E-state index contributed by atoms with van der Waals surface area (Å²) >= 11 is 1.74. The number of ether oxygens (including phenoxy) is 2. The third-order valence-corrected chi connectivity index (χ3v) is 5.97. The highest BCUT2D eigenvalue weighted by Gasteiger charge is 2.17. The fourth-order valence-corrected chi connectivity index (χ4v) is 3.91. The third-order valence-electron chi connectivity index (χ3n) is 4.83. The molecule has 1 saturated heterocycles. The zero-order valence-corrected chi connectivity index (χ0v) is 21.2. The second-order valence-corrected chi connectivity index (χ2v) is 8.47. The quantitative estimate of drug-likeness (QED) is 0.280. The smallest absolute Gasteiger partial charge is 0.191 e. The van der Waals surface area contributed by atoms with Crippen LogP contribution in [0.5, 0.6) is 5.75 Å². The van der Waals surface area contributed by atoms with Crippen molar-refractivity contribution in [3.05, 3.63) is 45.4 Å². The zero-order chi connectivity index (χ0) is 20.5. The van der Waals surface area contributed by atoms with Crippen molar-refractivity contribution in [3.63, 3.8) is 0 Å². The molecule has 0 spiro atoms. The first-order chi connectivity index (χ1) is 14.2. The van der Waals surface area contributed by atoms with E-state index in [4.69, 9.17) is 14.5 Å². The summed E-state index contributed by atoms with van der Waals surface area (Å²) in [6.45, 7) is 10.7. The first-order valence-corrected chi connectivity index (χ1v) is 11.2. The van der Waals surface area contributed by atoms with Gasteiger partial charge in [-0.15, -0.1) is 35.3 Å². The van der Waals surface area contributed by atoms with Gasteiger partial charge >= 0.3 is 0 Å². The van der Waals surface area contributed by atoms with Gasteiger partial charge in [-0.3, -0.25) is 0 Å². The van der Waals surface area contributed by atoms with Gasteiger partial charge in [-0.05, 0) is 38.3 Å². The predicted octanol–water partition coefficient (Wildman–Crippen LogP) is 4.30. The molecule has 0 radical (unpaired) electrons. The minimum absolute atomic E-state index is 0. The van der Waals surface area contributed by atoms with Crippen LogP contribution in [0.25, 0.3) is 0 Å². The molecule has 0 amide bonds. The zero-order valence-electron chi connectivity index (χ0n) is 18.1. The van der Waals surface area contributed by atoms with Gasteiger partial charge in [-0.25, -0.2) is 9.98 Å². The Morgan fingerprint density at radius 2 is 2.20 bits per heavy atom. The van der Waals surface area contributed by atoms with Crippen LogP contribution in [0.4, 0.5) is 0 Å². The first-order valence-electron chi connectivity index (χ1n) is 10.4. The number of hydrogen-bond acceptors (Lipinski definition) is 5. The highest BCUT2D eigenvalue weighted by Crippen LogP contribution is 2.23. The number of aryl methyl sites for hydroxylation is 2. The van der Waals surface area contributed by atoms with E-state index >= 15 is 0 Å². The number of nitrogens with zero attached hydrogens (tertiary/aromatic N) is 2. The van der Waals surface area contributed by atoms with Crippen molar-refractivity contribution in [2.45, 2.75) is 46.7 Å². The molecular formula is C22H33IN4O2S. The van der Waals surface area contributed by atoms with Crippen LogP contribution in [0.2, 0.25) is 0 Å². The normalized spacial score (nSPS) is 16.2. The Morgan fingerprint density at radius 3 is 2.90 bits per heavy atom. The highest BCUT2D eigenvalue weighted by molar-refractivity contribution is 14.0. The molecule has 6 nitrogen and oxygen atoms in total. The van der Waals surface area contributed by atoms with E-state index in [0.29, 0.717) is 25.6 Å². The van der Waals surface area contributed by atoms with E-state index in [-0.39, 0.29) is 24.0 Å². The molecule has 30 heavy (non-hydrogen) atoms. The summed E-state index contributed by atoms with van der Waals surface area (Å²) in [7, 11) is 0. The number of nitrogens with one attached hydrogen (secondary N) is 2. The molecule has 2 heterocycles. The fourth-order valence-electron chi connectivity index (χ4n) is 3.11. The summed E-state index contributed by atoms with van der Waals surface area (Å²) in [5.74, 6) is 2.19. The predicted molar refractivity (Wildman–Crippen MR) is 134 cm³/mol. The van der Waals surface area contributed by atoms with Gasteiger partial charge in [0.25, 0.3) is 0 Å². The Balaban J connectivity index is 0.00000320. The van der Waals surface area contributed by atoms with Crippen molar-refractivity contribution in [1.82, 2.24) is 15.6 Å². The highest BCUT2D eigenvalue weighted by atomic mass is 127. The molecule has 1 atom stereocenters. The number of halogens is 1. The molecule has 8 heteroatoms. The average Bonchev–Trinajstić information content (AvgIpc) is 3.41. The number of thiazole rings is 1. The minimum atomic E-state index is 0. The SMILES string of the molecule is CCNC(=NCc1ccc(C)cc1OCC1CCOC1)NCc1ncc(CC)s1.I. The van der Waals surface area contributed by atoms with E-state index in [0.717, 1.165) is 54.9 Å². The lowest BCUT2D eigenvalue weighted by molar-refractivity contribution is 0.166. The summed E-state index contributed by atoms with van der Waals surface area (Å²) in [6, 6.07) is 6.32. The molecule has 3 rings (SSSR count). The maximum atomic E-state index is 6.14. The fraction of sp³-hybridized carbons (Fsp3) is 0.545. The average molecular weight is 545 g/mol. The Kier molecular flexibility index (Phi) is 10.9. The molecular weight excluding hydrogens is 511 g/mol. The Morgan fingerprint density at radius 1 is 1.33 bits per heavy atom. The van der Waals surface area contributed by atoms with Gasteiger partial charge in [0.2, 0.25) is 0 Å². The van der Waals surface area contributed by atoms with Crippen LogP contribution in [-0.2, 0) is 24.2 Å². The molecule has 1 aliphatic rings. The lowest BCUT2D eigenvalue weighted by atomic mass is 10.1. The van der Waals surface area contributed by atoms with Gasteiger partial charge in [-0.1, -0.05) is 19.1 Å². The molecule has 1 fully saturated rings. The summed E-state index contributed by atoms with van der Waals surface area (Å²) < 4.78 is 11.6. The second kappa shape index (κ2) is 13.1. The lowest BCUT2D eigenvalue weighted by Gasteiger charge is -2.15. The number of aliphatic imine (C=N–C) groups is 1. The molecule has 1 aromatic heterocycles. The molecule has 1 aliphatic heterocycles. The van der Waals surface area contributed by atoms with E-state index in [2.05, 4.69) is 54.6 Å². The van der Waals surface area contributed by atoms with Gasteiger partial charge < -0.3 is 20.1 Å². The van der Waals surface area contributed by atoms with E-state index in [1.165, 1.54) is 10.4 Å². The van der Waals surface area contributed by atoms with E-state index < -0.39 is 0 Å². The Hall–Kier alpha value is -1.39. The monoisotopic (exact) mass is 544 g/mol.